The Morgan fingerprint density at radius 3 is 2.10 bits per heavy atom. The Morgan fingerprint density at radius 1 is 1.00 bits per heavy atom. The van der Waals surface area contributed by atoms with E-state index in [0.717, 1.165) is 24.2 Å². The van der Waals surface area contributed by atoms with Crippen LogP contribution in [0.5, 0.6) is 0 Å². The maximum absolute atomic E-state index is 11.5. The van der Waals surface area contributed by atoms with E-state index in [4.69, 9.17) is 12.2 Å². The van der Waals surface area contributed by atoms with Gasteiger partial charge in [-0.05, 0) is 42.9 Å². The van der Waals surface area contributed by atoms with Gasteiger partial charge in [0.25, 0.3) is 0 Å². The Kier molecular flexibility index (Phi) is 7.39. The first-order chi connectivity index (χ1) is 10.0. The van der Waals surface area contributed by atoms with Gasteiger partial charge in [-0.1, -0.05) is 20.3 Å². The minimum absolute atomic E-state index is 0.0329. The van der Waals surface area contributed by atoms with Gasteiger partial charge in [0.2, 0.25) is 11.8 Å². The van der Waals surface area contributed by atoms with Gasteiger partial charge in [0.1, 0.15) is 0 Å². The predicted molar refractivity (Wildman–Crippen MR) is 89.3 cm³/mol. The van der Waals surface area contributed by atoms with Gasteiger partial charge in [0, 0.05) is 24.2 Å². The first-order valence-electron chi connectivity index (χ1n) is 7.06. The van der Waals surface area contributed by atoms with Gasteiger partial charge in [-0.3, -0.25) is 9.59 Å². The lowest BCUT2D eigenvalue weighted by atomic mass is 10.2. The van der Waals surface area contributed by atoms with Crippen LogP contribution in [0.25, 0.3) is 0 Å². The summed E-state index contributed by atoms with van der Waals surface area (Å²) < 4.78 is 0. The first kappa shape index (κ1) is 17.1. The topological polar surface area (TPSA) is 70.2 Å². The predicted octanol–water partition coefficient (Wildman–Crippen LogP) is 3.04. The number of hydrogen-bond acceptors (Lipinski definition) is 3. The van der Waals surface area contributed by atoms with Crippen LogP contribution in [0.15, 0.2) is 24.3 Å². The molecule has 0 aliphatic heterocycles. The second-order valence-electron chi connectivity index (χ2n) is 4.58. The zero-order valence-corrected chi connectivity index (χ0v) is 13.2. The lowest BCUT2D eigenvalue weighted by Crippen LogP contribution is -2.33. The number of nitrogens with one attached hydrogen (secondary N) is 3. The van der Waals surface area contributed by atoms with E-state index in [1.165, 1.54) is 0 Å². The molecule has 1 aromatic carbocycles. The molecule has 0 saturated carbocycles. The van der Waals surface area contributed by atoms with Crippen LogP contribution >= 0.6 is 12.2 Å². The van der Waals surface area contributed by atoms with E-state index >= 15 is 0 Å². The van der Waals surface area contributed by atoms with Crippen molar-refractivity contribution in [3.63, 3.8) is 0 Å². The number of carbonyl (C=O) groups excluding carboxylic acids is 2. The third-order valence-electron chi connectivity index (χ3n) is 2.76. The number of hydrogen-bond donors (Lipinski definition) is 3. The molecule has 1 aromatic rings. The molecule has 0 heterocycles. The summed E-state index contributed by atoms with van der Waals surface area (Å²) in [6, 6.07) is 7.13. The summed E-state index contributed by atoms with van der Waals surface area (Å²) in [5.74, 6) is -0.115. The molecular weight excluding hydrogens is 286 g/mol. The molecule has 0 fully saturated rings. The van der Waals surface area contributed by atoms with Crippen molar-refractivity contribution in [2.45, 2.75) is 39.5 Å². The van der Waals surface area contributed by atoms with Gasteiger partial charge in [-0.15, -0.1) is 0 Å². The molecule has 0 unspecified atom stereocenters. The van der Waals surface area contributed by atoms with E-state index < -0.39 is 0 Å². The molecule has 0 atom stereocenters. The van der Waals surface area contributed by atoms with E-state index in [9.17, 15) is 9.59 Å². The number of amides is 2. The van der Waals surface area contributed by atoms with E-state index in [1.807, 2.05) is 6.92 Å². The van der Waals surface area contributed by atoms with Gasteiger partial charge in [-0.25, -0.2) is 0 Å². The number of rotatable bonds is 6. The highest BCUT2D eigenvalue weighted by Crippen LogP contribution is 2.13. The quantitative estimate of drug-likeness (QED) is 0.707. The Hall–Kier alpha value is -1.95. The van der Waals surface area contributed by atoms with Gasteiger partial charge in [0.05, 0.1) is 0 Å². The van der Waals surface area contributed by atoms with Crippen LogP contribution < -0.4 is 16.0 Å². The van der Waals surface area contributed by atoms with Crippen molar-refractivity contribution in [3.8, 4) is 0 Å². The normalized spacial score (nSPS) is 9.81. The smallest absolute Gasteiger partial charge is 0.226 e. The van der Waals surface area contributed by atoms with Crippen LogP contribution in [-0.2, 0) is 9.59 Å². The highest BCUT2D eigenvalue weighted by Gasteiger charge is 2.04. The monoisotopic (exact) mass is 307 g/mol. The van der Waals surface area contributed by atoms with E-state index in [2.05, 4.69) is 16.0 Å². The van der Waals surface area contributed by atoms with Crippen molar-refractivity contribution in [1.29, 1.82) is 0 Å². The van der Waals surface area contributed by atoms with Crippen LogP contribution in [0.4, 0.5) is 11.4 Å². The molecule has 114 valence electrons. The van der Waals surface area contributed by atoms with Crippen LogP contribution in [0.2, 0.25) is 0 Å². The first-order valence-corrected chi connectivity index (χ1v) is 7.46. The Balaban J connectivity index is 2.46. The maximum atomic E-state index is 11.5. The number of benzene rings is 1. The zero-order valence-electron chi connectivity index (χ0n) is 12.4. The number of carbonyl (C=O) groups is 2. The molecular formula is C15H21N3O2S. The third kappa shape index (κ3) is 6.85. The molecule has 0 aromatic heterocycles. The summed E-state index contributed by atoms with van der Waals surface area (Å²) in [5, 5.41) is 8.60. The zero-order chi connectivity index (χ0) is 15.7. The van der Waals surface area contributed by atoms with E-state index in [-0.39, 0.29) is 16.9 Å². The summed E-state index contributed by atoms with van der Waals surface area (Å²) in [7, 11) is 0. The van der Waals surface area contributed by atoms with Gasteiger partial charge >= 0.3 is 0 Å². The molecule has 0 bridgehead atoms. The van der Waals surface area contributed by atoms with Crippen LogP contribution in [0.3, 0.4) is 0 Å². The molecule has 5 nitrogen and oxygen atoms in total. The standard InChI is InChI=1S/C15H21N3O2S/c1-3-5-6-14(20)18-15(21)17-12-9-7-11(8-10-12)16-13(19)4-2/h7-10H,3-6H2,1-2H3,(H,16,19)(H2,17,18,20,21). The van der Waals surface area contributed by atoms with Crippen LogP contribution in [-0.4, -0.2) is 16.9 Å². The fourth-order valence-corrected chi connectivity index (χ4v) is 1.81. The maximum Gasteiger partial charge on any atom is 0.226 e. The van der Waals surface area contributed by atoms with Crippen molar-refractivity contribution in [2.24, 2.45) is 0 Å². The van der Waals surface area contributed by atoms with Crippen molar-refractivity contribution in [3.05, 3.63) is 24.3 Å². The average molecular weight is 307 g/mol. The number of thiocarbonyl (C=S) groups is 1. The van der Waals surface area contributed by atoms with Crippen molar-refractivity contribution in [1.82, 2.24) is 5.32 Å². The Morgan fingerprint density at radius 2 is 1.57 bits per heavy atom. The molecule has 21 heavy (non-hydrogen) atoms. The molecule has 0 radical (unpaired) electrons. The molecule has 2 amide bonds. The van der Waals surface area contributed by atoms with Crippen molar-refractivity contribution in [2.75, 3.05) is 10.6 Å². The summed E-state index contributed by atoms with van der Waals surface area (Å²) in [5.41, 5.74) is 1.48. The minimum Gasteiger partial charge on any atom is -0.332 e. The van der Waals surface area contributed by atoms with Gasteiger partial charge in [-0.2, -0.15) is 0 Å². The Labute approximate surface area is 130 Å². The number of unbranched alkanes of at least 4 members (excludes halogenated alkanes) is 1. The van der Waals surface area contributed by atoms with Crippen LogP contribution in [0.1, 0.15) is 39.5 Å². The highest BCUT2D eigenvalue weighted by atomic mass is 32.1. The molecule has 0 saturated heterocycles. The molecule has 0 spiro atoms. The SMILES string of the molecule is CCCCC(=O)NC(=S)Nc1ccc(NC(=O)CC)cc1. The third-order valence-corrected chi connectivity index (χ3v) is 2.96. The largest absolute Gasteiger partial charge is 0.332 e. The second kappa shape index (κ2) is 9.07. The molecule has 6 heteroatoms. The summed E-state index contributed by atoms with van der Waals surface area (Å²) in [4.78, 5) is 22.8. The molecule has 0 aliphatic rings. The lowest BCUT2D eigenvalue weighted by Gasteiger charge is -2.10. The average Bonchev–Trinajstić information content (AvgIpc) is 2.46. The van der Waals surface area contributed by atoms with Crippen molar-refractivity contribution >= 4 is 40.5 Å². The summed E-state index contributed by atoms with van der Waals surface area (Å²) >= 11 is 5.07. The van der Waals surface area contributed by atoms with E-state index in [1.54, 1.807) is 31.2 Å². The Bertz CT molecular complexity index is 500. The van der Waals surface area contributed by atoms with Gasteiger partial charge < -0.3 is 16.0 Å². The fourth-order valence-electron chi connectivity index (χ4n) is 1.58. The summed E-state index contributed by atoms with van der Waals surface area (Å²) in [6.07, 6.45) is 2.73. The minimum atomic E-state index is -0.0822. The summed E-state index contributed by atoms with van der Waals surface area (Å²) in [6.45, 7) is 3.83. The van der Waals surface area contributed by atoms with E-state index in [0.29, 0.717) is 12.8 Å². The van der Waals surface area contributed by atoms with Crippen LogP contribution in [0, 0.1) is 0 Å². The molecule has 1 rings (SSSR count). The lowest BCUT2D eigenvalue weighted by molar-refractivity contribution is -0.119. The van der Waals surface area contributed by atoms with Crippen molar-refractivity contribution < 1.29 is 9.59 Å². The highest BCUT2D eigenvalue weighted by molar-refractivity contribution is 7.80. The fraction of sp³-hybridized carbons (Fsp3) is 0.400. The number of anilines is 2. The molecule has 3 N–H and O–H groups in total. The van der Waals surface area contributed by atoms with Gasteiger partial charge in [0.15, 0.2) is 5.11 Å². The molecule has 0 aliphatic carbocycles. The second-order valence-corrected chi connectivity index (χ2v) is 4.99.